The molecule has 3 aromatic rings. The highest BCUT2D eigenvalue weighted by atomic mass is 16.5. The van der Waals surface area contributed by atoms with E-state index in [9.17, 15) is 4.79 Å². The smallest absolute Gasteiger partial charge is 0.244 e. The summed E-state index contributed by atoms with van der Waals surface area (Å²) in [5.74, 6) is 2.86. The number of carbonyl (C=O) groups is 1. The summed E-state index contributed by atoms with van der Waals surface area (Å²) in [6.07, 6.45) is 2.31. The highest BCUT2D eigenvalue weighted by molar-refractivity contribution is 5.98. The first-order valence-corrected chi connectivity index (χ1v) is 11.1. The first-order chi connectivity index (χ1) is 15.8. The molecule has 0 radical (unpaired) electrons. The molecule has 33 heavy (non-hydrogen) atoms. The second-order valence-corrected chi connectivity index (χ2v) is 8.03. The summed E-state index contributed by atoms with van der Waals surface area (Å²) in [6.45, 7) is 10.9. The molecule has 0 atom stereocenters. The van der Waals surface area contributed by atoms with Crippen molar-refractivity contribution in [1.82, 2.24) is 5.32 Å². The van der Waals surface area contributed by atoms with Crippen molar-refractivity contribution in [2.24, 2.45) is 0 Å². The van der Waals surface area contributed by atoms with Crippen LogP contribution in [0.25, 0.3) is 16.5 Å². The van der Waals surface area contributed by atoms with Gasteiger partial charge in [0, 0.05) is 29.1 Å². The summed E-state index contributed by atoms with van der Waals surface area (Å²) < 4.78 is 22.5. The molecule has 0 aliphatic rings. The van der Waals surface area contributed by atoms with Gasteiger partial charge in [-0.25, -0.2) is 0 Å². The van der Waals surface area contributed by atoms with Crippen molar-refractivity contribution in [3.63, 3.8) is 0 Å². The number of methoxy groups -OCH3 is 2. The Balaban J connectivity index is 1.77. The highest BCUT2D eigenvalue weighted by Gasteiger charge is 2.18. The van der Waals surface area contributed by atoms with Gasteiger partial charge in [0.15, 0.2) is 11.5 Å². The predicted molar refractivity (Wildman–Crippen MR) is 132 cm³/mol. The summed E-state index contributed by atoms with van der Waals surface area (Å²) in [6, 6.07) is 7.82. The van der Waals surface area contributed by atoms with Crippen molar-refractivity contribution >= 4 is 22.4 Å². The maximum Gasteiger partial charge on any atom is 0.244 e. The molecule has 0 saturated heterocycles. The molecule has 6 nitrogen and oxygen atoms in total. The molecule has 3 rings (SSSR count). The molecule has 0 aliphatic carbocycles. The van der Waals surface area contributed by atoms with E-state index in [1.807, 2.05) is 52.8 Å². The van der Waals surface area contributed by atoms with Gasteiger partial charge in [-0.2, -0.15) is 0 Å². The molecule has 6 heteroatoms. The van der Waals surface area contributed by atoms with Gasteiger partial charge in [-0.1, -0.05) is 6.07 Å². The van der Waals surface area contributed by atoms with Crippen LogP contribution in [0.4, 0.5) is 0 Å². The lowest BCUT2D eigenvalue weighted by Gasteiger charge is -2.14. The van der Waals surface area contributed by atoms with Gasteiger partial charge in [-0.05, 0) is 75.9 Å². The Hall–Kier alpha value is -3.41. The molecule has 0 unspecified atom stereocenters. The Morgan fingerprint density at radius 1 is 1.06 bits per heavy atom. The maximum absolute atomic E-state index is 12.6. The largest absolute Gasteiger partial charge is 0.493 e. The lowest BCUT2D eigenvalue weighted by Crippen LogP contribution is -2.23. The number of carbonyl (C=O) groups excluding carboxylic acids is 1. The zero-order valence-electron chi connectivity index (χ0n) is 20.5. The summed E-state index contributed by atoms with van der Waals surface area (Å²) in [7, 11) is 3.22. The monoisotopic (exact) mass is 451 g/mol. The molecule has 176 valence electrons. The first kappa shape index (κ1) is 24.2. The van der Waals surface area contributed by atoms with E-state index in [4.69, 9.17) is 18.6 Å². The lowest BCUT2D eigenvalue weighted by molar-refractivity contribution is -0.116. The summed E-state index contributed by atoms with van der Waals surface area (Å²) in [5.41, 5.74) is 5.68. The summed E-state index contributed by atoms with van der Waals surface area (Å²) >= 11 is 0. The van der Waals surface area contributed by atoms with Gasteiger partial charge in [-0.15, -0.1) is 0 Å². The SMILES string of the molecule is CCOc1c(/C(C)=C/C(=O)NCCc2ccc(OC)c(OC)c2)cc2c(C)c(C)oc2c1C. The average molecular weight is 452 g/mol. The first-order valence-electron chi connectivity index (χ1n) is 11.1. The van der Waals surface area contributed by atoms with Crippen LogP contribution in [0.5, 0.6) is 17.2 Å². The van der Waals surface area contributed by atoms with Crippen molar-refractivity contribution in [1.29, 1.82) is 0 Å². The number of furan rings is 1. The molecular weight excluding hydrogens is 418 g/mol. The topological polar surface area (TPSA) is 69.9 Å². The van der Waals surface area contributed by atoms with Gasteiger partial charge >= 0.3 is 0 Å². The number of rotatable bonds is 9. The Bertz CT molecular complexity index is 1190. The predicted octanol–water partition coefficient (Wildman–Crippen LogP) is 5.54. The molecule has 1 amide bonds. The lowest BCUT2D eigenvalue weighted by atomic mass is 9.98. The van der Waals surface area contributed by atoms with Gasteiger partial charge in [0.05, 0.1) is 20.8 Å². The van der Waals surface area contributed by atoms with E-state index in [0.29, 0.717) is 31.1 Å². The van der Waals surface area contributed by atoms with Crippen LogP contribution in [0.3, 0.4) is 0 Å². The highest BCUT2D eigenvalue weighted by Crippen LogP contribution is 2.38. The third-order valence-corrected chi connectivity index (χ3v) is 5.87. The van der Waals surface area contributed by atoms with Crippen LogP contribution >= 0.6 is 0 Å². The summed E-state index contributed by atoms with van der Waals surface area (Å²) in [5, 5.41) is 4.02. The molecule has 1 aromatic heterocycles. The maximum atomic E-state index is 12.6. The number of fused-ring (bicyclic) bond motifs is 1. The number of ether oxygens (including phenoxy) is 3. The van der Waals surface area contributed by atoms with E-state index in [1.165, 1.54) is 0 Å². The van der Waals surface area contributed by atoms with Crippen LogP contribution in [0.15, 0.2) is 34.8 Å². The van der Waals surface area contributed by atoms with Crippen LogP contribution < -0.4 is 19.5 Å². The molecular formula is C27H33NO5. The molecule has 1 heterocycles. The second kappa shape index (κ2) is 10.5. The number of allylic oxidation sites excluding steroid dienone is 1. The number of aryl methyl sites for hydroxylation is 3. The molecule has 0 aliphatic heterocycles. The summed E-state index contributed by atoms with van der Waals surface area (Å²) in [4.78, 5) is 12.6. The zero-order chi connectivity index (χ0) is 24.1. The van der Waals surface area contributed by atoms with Crippen LogP contribution in [-0.2, 0) is 11.2 Å². The number of amides is 1. The third-order valence-electron chi connectivity index (χ3n) is 5.87. The number of hydrogen-bond acceptors (Lipinski definition) is 5. The van der Waals surface area contributed by atoms with Gasteiger partial charge in [0.25, 0.3) is 0 Å². The molecule has 0 spiro atoms. The number of hydrogen-bond donors (Lipinski definition) is 1. The van der Waals surface area contributed by atoms with Crippen LogP contribution in [0.2, 0.25) is 0 Å². The average Bonchev–Trinajstić information content (AvgIpc) is 3.09. The Morgan fingerprint density at radius 3 is 2.45 bits per heavy atom. The minimum atomic E-state index is -0.145. The van der Waals surface area contributed by atoms with E-state index >= 15 is 0 Å². The molecule has 1 N–H and O–H groups in total. The second-order valence-electron chi connectivity index (χ2n) is 8.03. The zero-order valence-corrected chi connectivity index (χ0v) is 20.5. The number of benzene rings is 2. The third kappa shape index (κ3) is 5.16. The molecule has 0 saturated carbocycles. The van der Waals surface area contributed by atoms with Gasteiger partial charge in [0.2, 0.25) is 5.91 Å². The molecule has 0 fully saturated rings. The fourth-order valence-corrected chi connectivity index (χ4v) is 3.93. The van der Waals surface area contributed by atoms with E-state index < -0.39 is 0 Å². The normalized spacial score (nSPS) is 11.5. The van der Waals surface area contributed by atoms with Crippen LogP contribution in [0.1, 0.15) is 41.9 Å². The molecule has 2 aromatic carbocycles. The fourth-order valence-electron chi connectivity index (χ4n) is 3.93. The van der Waals surface area contributed by atoms with Crippen molar-refractivity contribution in [2.75, 3.05) is 27.4 Å². The van der Waals surface area contributed by atoms with Crippen molar-refractivity contribution in [2.45, 2.75) is 41.0 Å². The van der Waals surface area contributed by atoms with E-state index in [0.717, 1.165) is 50.3 Å². The van der Waals surface area contributed by atoms with E-state index in [-0.39, 0.29) is 5.91 Å². The van der Waals surface area contributed by atoms with Crippen molar-refractivity contribution in [3.8, 4) is 17.2 Å². The van der Waals surface area contributed by atoms with Crippen LogP contribution in [0, 0.1) is 20.8 Å². The minimum Gasteiger partial charge on any atom is -0.493 e. The Kier molecular flexibility index (Phi) is 7.69. The van der Waals surface area contributed by atoms with Gasteiger partial charge in [0.1, 0.15) is 17.1 Å². The Labute approximate surface area is 195 Å². The van der Waals surface area contributed by atoms with Crippen LogP contribution in [-0.4, -0.2) is 33.3 Å². The van der Waals surface area contributed by atoms with Gasteiger partial charge in [-0.3, -0.25) is 4.79 Å². The standard InChI is InChI=1S/C27H33NO5/c1-8-32-26-18(4)27-22(17(3)19(5)33-27)15-21(26)16(2)13-25(29)28-12-11-20-9-10-23(30-6)24(14-20)31-7/h9-10,13-15H,8,11-12H2,1-7H3,(H,28,29)/b16-13+. The van der Waals surface area contributed by atoms with Crippen molar-refractivity contribution in [3.05, 3.63) is 58.4 Å². The quantitative estimate of drug-likeness (QED) is 0.433. The molecule has 0 bridgehead atoms. The fraction of sp³-hybridized carbons (Fsp3) is 0.370. The van der Waals surface area contributed by atoms with Crippen molar-refractivity contribution < 1.29 is 23.4 Å². The minimum absolute atomic E-state index is 0.145. The van der Waals surface area contributed by atoms with E-state index in [1.54, 1.807) is 20.3 Å². The number of nitrogens with one attached hydrogen (secondary N) is 1. The van der Waals surface area contributed by atoms with E-state index in [2.05, 4.69) is 11.4 Å². The van der Waals surface area contributed by atoms with Gasteiger partial charge < -0.3 is 23.9 Å². The Morgan fingerprint density at radius 2 is 1.79 bits per heavy atom.